The maximum Gasteiger partial charge on any atom is 0.253 e. The molecule has 0 bridgehead atoms. The Labute approximate surface area is 190 Å². The highest BCUT2D eigenvalue weighted by Crippen LogP contribution is 2.24. The van der Waals surface area contributed by atoms with Crippen LogP contribution in [0.25, 0.3) is 0 Å². The molecule has 1 saturated heterocycles. The van der Waals surface area contributed by atoms with Crippen molar-refractivity contribution in [2.24, 2.45) is 0 Å². The third-order valence-electron chi connectivity index (χ3n) is 5.44. The zero-order chi connectivity index (χ0) is 21.6. The largest absolute Gasteiger partial charge is 0.488 e. The fourth-order valence-corrected chi connectivity index (χ4v) is 4.02. The molecule has 4 rings (SSSR count). The van der Waals surface area contributed by atoms with Crippen LogP contribution in [-0.4, -0.2) is 41.9 Å². The minimum Gasteiger partial charge on any atom is -0.488 e. The van der Waals surface area contributed by atoms with Crippen LogP contribution < -0.4 is 4.74 Å². The predicted molar refractivity (Wildman–Crippen MR) is 122 cm³/mol. The van der Waals surface area contributed by atoms with Crippen molar-refractivity contribution in [3.05, 3.63) is 99.8 Å². The lowest BCUT2D eigenvalue weighted by atomic mass is 10.1. The number of para-hydroxylation sites is 1. The smallest absolute Gasteiger partial charge is 0.253 e. The molecule has 1 fully saturated rings. The van der Waals surface area contributed by atoms with E-state index in [1.807, 2.05) is 65.6 Å². The van der Waals surface area contributed by atoms with Crippen molar-refractivity contribution in [1.29, 1.82) is 0 Å². The molecule has 3 aromatic carbocycles. The summed E-state index contributed by atoms with van der Waals surface area (Å²) < 4.78 is 20.6. The van der Waals surface area contributed by atoms with Crippen molar-refractivity contribution in [1.82, 2.24) is 9.80 Å². The predicted octanol–water partition coefficient (Wildman–Crippen LogP) is 5.13. The summed E-state index contributed by atoms with van der Waals surface area (Å²) in [7, 11) is 0. The van der Waals surface area contributed by atoms with Crippen LogP contribution in [0.4, 0.5) is 4.39 Å². The Morgan fingerprint density at radius 1 is 0.903 bits per heavy atom. The van der Waals surface area contributed by atoms with Gasteiger partial charge in [-0.1, -0.05) is 42.5 Å². The van der Waals surface area contributed by atoms with Gasteiger partial charge in [-0.2, -0.15) is 0 Å². The third-order valence-corrected chi connectivity index (χ3v) is 6.10. The molecule has 160 valence electrons. The van der Waals surface area contributed by atoms with Crippen LogP contribution in [0.5, 0.6) is 5.75 Å². The fraction of sp³-hybridized carbons (Fsp3) is 0.240. The van der Waals surface area contributed by atoms with Crippen LogP contribution >= 0.6 is 15.9 Å². The summed E-state index contributed by atoms with van der Waals surface area (Å²) >= 11 is 3.47. The Morgan fingerprint density at radius 2 is 1.58 bits per heavy atom. The molecule has 1 aliphatic heterocycles. The summed E-state index contributed by atoms with van der Waals surface area (Å²) in [6, 6.07) is 22.1. The number of piperazine rings is 1. The summed E-state index contributed by atoms with van der Waals surface area (Å²) in [6.07, 6.45) is 0. The maximum absolute atomic E-state index is 13.9. The van der Waals surface area contributed by atoms with Gasteiger partial charge in [0.2, 0.25) is 0 Å². The fourth-order valence-electron chi connectivity index (χ4n) is 3.63. The van der Waals surface area contributed by atoms with E-state index in [-0.39, 0.29) is 11.7 Å². The topological polar surface area (TPSA) is 32.8 Å². The van der Waals surface area contributed by atoms with Gasteiger partial charge >= 0.3 is 0 Å². The van der Waals surface area contributed by atoms with Crippen LogP contribution in [0.1, 0.15) is 21.5 Å². The molecule has 3 aromatic rings. The average molecular weight is 483 g/mol. The first kappa shape index (κ1) is 21.5. The Balaban J connectivity index is 1.29. The van der Waals surface area contributed by atoms with Gasteiger partial charge in [0.15, 0.2) is 0 Å². The number of amides is 1. The van der Waals surface area contributed by atoms with Crippen molar-refractivity contribution < 1.29 is 13.9 Å². The number of nitrogens with zero attached hydrogens (tertiary/aromatic N) is 2. The highest BCUT2D eigenvalue weighted by Gasteiger charge is 2.22. The normalized spacial score (nSPS) is 14.5. The number of ether oxygens (including phenoxy) is 1. The lowest BCUT2D eigenvalue weighted by Crippen LogP contribution is -2.48. The first-order valence-corrected chi connectivity index (χ1v) is 11.1. The first-order chi connectivity index (χ1) is 15.1. The van der Waals surface area contributed by atoms with Gasteiger partial charge in [-0.05, 0) is 51.8 Å². The molecule has 4 nitrogen and oxygen atoms in total. The Hall–Kier alpha value is -2.70. The maximum atomic E-state index is 13.9. The number of hydrogen-bond acceptors (Lipinski definition) is 3. The van der Waals surface area contributed by atoms with Crippen LogP contribution in [0.15, 0.2) is 77.3 Å². The van der Waals surface area contributed by atoms with E-state index in [0.29, 0.717) is 37.4 Å². The quantitative estimate of drug-likeness (QED) is 0.488. The van der Waals surface area contributed by atoms with Crippen LogP contribution in [0, 0.1) is 5.82 Å². The van der Waals surface area contributed by atoms with Gasteiger partial charge in [0.25, 0.3) is 5.91 Å². The van der Waals surface area contributed by atoms with E-state index in [0.717, 1.165) is 28.9 Å². The van der Waals surface area contributed by atoms with Crippen molar-refractivity contribution >= 4 is 21.8 Å². The van der Waals surface area contributed by atoms with Gasteiger partial charge in [-0.25, -0.2) is 4.39 Å². The molecule has 31 heavy (non-hydrogen) atoms. The van der Waals surface area contributed by atoms with Crippen molar-refractivity contribution in [2.75, 3.05) is 26.2 Å². The van der Waals surface area contributed by atoms with Crippen LogP contribution in [-0.2, 0) is 13.2 Å². The van der Waals surface area contributed by atoms with Crippen LogP contribution in [0.3, 0.4) is 0 Å². The first-order valence-electron chi connectivity index (χ1n) is 10.3. The lowest BCUT2D eigenvalue weighted by molar-refractivity contribution is 0.0627. The molecule has 0 N–H and O–H groups in total. The van der Waals surface area contributed by atoms with Gasteiger partial charge in [0.1, 0.15) is 18.2 Å². The Morgan fingerprint density at radius 3 is 2.29 bits per heavy atom. The van der Waals surface area contributed by atoms with Crippen molar-refractivity contribution in [2.45, 2.75) is 13.2 Å². The second-order valence-corrected chi connectivity index (χ2v) is 8.43. The van der Waals surface area contributed by atoms with E-state index in [2.05, 4.69) is 20.8 Å². The van der Waals surface area contributed by atoms with Gasteiger partial charge in [-0.15, -0.1) is 0 Å². The van der Waals surface area contributed by atoms with E-state index in [9.17, 15) is 9.18 Å². The molecule has 1 aliphatic rings. The molecule has 0 aliphatic carbocycles. The molecule has 6 heteroatoms. The second-order valence-electron chi connectivity index (χ2n) is 7.58. The molecular formula is C25H24BrFN2O2. The summed E-state index contributed by atoms with van der Waals surface area (Å²) in [5.74, 6) is 0.643. The summed E-state index contributed by atoms with van der Waals surface area (Å²) in [4.78, 5) is 16.9. The molecule has 0 unspecified atom stereocenters. The number of carbonyl (C=O) groups is 1. The van der Waals surface area contributed by atoms with Gasteiger partial charge in [0, 0.05) is 43.9 Å². The summed E-state index contributed by atoms with van der Waals surface area (Å²) in [6.45, 7) is 3.75. The van der Waals surface area contributed by atoms with E-state index in [4.69, 9.17) is 4.74 Å². The van der Waals surface area contributed by atoms with Crippen molar-refractivity contribution in [3.63, 3.8) is 0 Å². The molecule has 0 saturated carbocycles. The Kier molecular flexibility index (Phi) is 6.99. The zero-order valence-corrected chi connectivity index (χ0v) is 18.7. The summed E-state index contributed by atoms with van der Waals surface area (Å²) in [5, 5.41) is 0. The highest BCUT2D eigenvalue weighted by molar-refractivity contribution is 9.10. The molecule has 0 aromatic heterocycles. The molecule has 0 radical (unpaired) electrons. The molecule has 1 amide bonds. The van der Waals surface area contributed by atoms with Crippen LogP contribution in [0.2, 0.25) is 0 Å². The number of hydrogen-bond donors (Lipinski definition) is 0. The number of carbonyl (C=O) groups excluding carboxylic acids is 1. The average Bonchev–Trinajstić information content (AvgIpc) is 2.80. The standard InChI is InChI=1S/C25H24BrFN2O2/c26-22-6-2-4-8-24(22)31-18-19-9-11-20(12-10-19)25(30)29-15-13-28(14-16-29)17-21-5-1-3-7-23(21)27/h1-12H,13-18H2. The molecule has 0 atom stereocenters. The Bertz CT molecular complexity index is 1030. The van der Waals surface area contributed by atoms with E-state index < -0.39 is 0 Å². The molecule has 1 heterocycles. The van der Waals surface area contributed by atoms with Gasteiger partial charge in [-0.3, -0.25) is 9.69 Å². The lowest BCUT2D eigenvalue weighted by Gasteiger charge is -2.34. The van der Waals surface area contributed by atoms with Gasteiger partial charge in [0.05, 0.1) is 4.47 Å². The molecule has 0 spiro atoms. The third kappa shape index (κ3) is 5.51. The highest BCUT2D eigenvalue weighted by atomic mass is 79.9. The van der Waals surface area contributed by atoms with E-state index >= 15 is 0 Å². The monoisotopic (exact) mass is 482 g/mol. The number of halogens is 2. The summed E-state index contributed by atoms with van der Waals surface area (Å²) in [5.41, 5.74) is 2.37. The van der Waals surface area contributed by atoms with Gasteiger partial charge < -0.3 is 9.64 Å². The van der Waals surface area contributed by atoms with E-state index in [1.165, 1.54) is 6.07 Å². The zero-order valence-electron chi connectivity index (χ0n) is 17.1. The second kappa shape index (κ2) is 10.1. The SMILES string of the molecule is O=C(c1ccc(COc2ccccc2Br)cc1)N1CCN(Cc2ccccc2F)CC1. The van der Waals surface area contributed by atoms with Crippen molar-refractivity contribution in [3.8, 4) is 5.75 Å². The number of rotatable bonds is 6. The molecular weight excluding hydrogens is 459 g/mol. The minimum absolute atomic E-state index is 0.0313. The van der Waals surface area contributed by atoms with E-state index in [1.54, 1.807) is 6.07 Å². The number of benzene rings is 3. The minimum atomic E-state index is -0.176.